The summed E-state index contributed by atoms with van der Waals surface area (Å²) in [5.41, 5.74) is 4.71. The van der Waals surface area contributed by atoms with Crippen molar-refractivity contribution in [2.75, 3.05) is 6.61 Å². The summed E-state index contributed by atoms with van der Waals surface area (Å²) in [7, 11) is 0. The number of amides is 1. The Morgan fingerprint density at radius 1 is 1.28 bits per heavy atom. The van der Waals surface area contributed by atoms with E-state index in [-0.39, 0.29) is 17.3 Å². The number of nitrogens with zero attached hydrogens (tertiary/aromatic N) is 2. The van der Waals surface area contributed by atoms with Crippen molar-refractivity contribution in [2.24, 2.45) is 5.10 Å². The summed E-state index contributed by atoms with van der Waals surface area (Å²) < 4.78 is 5.38. The summed E-state index contributed by atoms with van der Waals surface area (Å²) in [6.45, 7) is 3.75. The van der Waals surface area contributed by atoms with Crippen LogP contribution in [0.1, 0.15) is 16.7 Å². The van der Waals surface area contributed by atoms with E-state index in [1.807, 2.05) is 26.0 Å². The van der Waals surface area contributed by atoms with E-state index in [2.05, 4.69) is 10.5 Å². The molecule has 130 valence electrons. The minimum Gasteiger partial charge on any atom is -0.484 e. The molecule has 0 aliphatic rings. The van der Waals surface area contributed by atoms with Gasteiger partial charge in [-0.25, -0.2) is 5.43 Å². The van der Waals surface area contributed by atoms with Crippen molar-refractivity contribution in [3.63, 3.8) is 0 Å². The topological polar surface area (TPSA) is 93.8 Å². The summed E-state index contributed by atoms with van der Waals surface area (Å²) in [5, 5.41) is 14.6. The van der Waals surface area contributed by atoms with Crippen LogP contribution in [0.5, 0.6) is 5.75 Å². The van der Waals surface area contributed by atoms with Gasteiger partial charge in [-0.3, -0.25) is 14.9 Å². The SMILES string of the molecule is Cc1ccc(OCC(=O)N/N=C\c2ccc(Cl)c([N+](=O)[O-])c2)cc1C. The van der Waals surface area contributed by atoms with Crippen molar-refractivity contribution in [3.8, 4) is 5.75 Å². The third kappa shape index (κ3) is 5.29. The predicted octanol–water partition coefficient (Wildman–Crippen LogP) is 3.39. The Labute approximate surface area is 149 Å². The lowest BCUT2D eigenvalue weighted by molar-refractivity contribution is -0.384. The minimum absolute atomic E-state index is 0.0352. The standard InChI is InChI=1S/C17H16ClN3O4/c1-11-3-5-14(7-12(11)2)25-10-17(22)20-19-9-13-4-6-15(18)16(8-13)21(23)24/h3-9H,10H2,1-2H3,(H,20,22)/b19-9-. The van der Waals surface area contributed by atoms with Crippen LogP contribution in [0.2, 0.25) is 5.02 Å². The van der Waals surface area contributed by atoms with Crippen LogP contribution >= 0.6 is 11.6 Å². The van der Waals surface area contributed by atoms with Crippen molar-refractivity contribution in [1.82, 2.24) is 5.43 Å². The Balaban J connectivity index is 1.89. The lowest BCUT2D eigenvalue weighted by Gasteiger charge is -2.07. The van der Waals surface area contributed by atoms with E-state index < -0.39 is 10.8 Å². The van der Waals surface area contributed by atoms with Gasteiger partial charge in [0.15, 0.2) is 6.61 Å². The Morgan fingerprint density at radius 3 is 2.72 bits per heavy atom. The highest BCUT2D eigenvalue weighted by molar-refractivity contribution is 6.32. The first-order valence-electron chi connectivity index (χ1n) is 7.32. The third-order valence-electron chi connectivity index (χ3n) is 3.42. The zero-order chi connectivity index (χ0) is 18.4. The van der Waals surface area contributed by atoms with Crippen molar-refractivity contribution in [2.45, 2.75) is 13.8 Å². The number of aryl methyl sites for hydroxylation is 2. The normalized spacial score (nSPS) is 10.7. The smallest absolute Gasteiger partial charge is 0.288 e. The van der Waals surface area contributed by atoms with Crippen molar-refractivity contribution >= 4 is 29.4 Å². The van der Waals surface area contributed by atoms with Gasteiger partial charge in [-0.1, -0.05) is 23.7 Å². The van der Waals surface area contributed by atoms with Gasteiger partial charge in [0.25, 0.3) is 11.6 Å². The van der Waals surface area contributed by atoms with Gasteiger partial charge in [0.1, 0.15) is 10.8 Å². The number of carbonyl (C=O) groups excluding carboxylic acids is 1. The quantitative estimate of drug-likeness (QED) is 0.484. The van der Waals surface area contributed by atoms with Crippen LogP contribution in [0, 0.1) is 24.0 Å². The molecule has 8 heteroatoms. The van der Waals surface area contributed by atoms with Gasteiger partial charge >= 0.3 is 0 Å². The maximum Gasteiger partial charge on any atom is 0.288 e. The molecule has 0 bridgehead atoms. The summed E-state index contributed by atoms with van der Waals surface area (Å²) in [5.74, 6) is 0.147. The second-order valence-corrected chi connectivity index (χ2v) is 5.70. The lowest BCUT2D eigenvalue weighted by Crippen LogP contribution is -2.24. The molecule has 0 atom stereocenters. The first kappa shape index (κ1) is 18.4. The van der Waals surface area contributed by atoms with Crippen LogP contribution in [0.25, 0.3) is 0 Å². The number of halogens is 1. The fourth-order valence-corrected chi connectivity index (χ4v) is 2.10. The molecular weight excluding hydrogens is 346 g/mol. The Morgan fingerprint density at radius 2 is 2.04 bits per heavy atom. The van der Waals surface area contributed by atoms with Crippen molar-refractivity contribution in [1.29, 1.82) is 0 Å². The molecule has 2 rings (SSSR count). The highest BCUT2D eigenvalue weighted by Crippen LogP contribution is 2.24. The number of nitro benzene ring substituents is 1. The van der Waals surface area contributed by atoms with Gasteiger partial charge in [0.2, 0.25) is 0 Å². The number of nitrogens with one attached hydrogen (secondary N) is 1. The molecule has 0 fully saturated rings. The van der Waals surface area contributed by atoms with Gasteiger partial charge in [-0.15, -0.1) is 0 Å². The first-order valence-corrected chi connectivity index (χ1v) is 7.70. The number of hydrazone groups is 1. The molecule has 1 amide bonds. The van der Waals surface area contributed by atoms with E-state index in [4.69, 9.17) is 16.3 Å². The second kappa shape index (κ2) is 8.25. The van der Waals surface area contributed by atoms with E-state index in [0.29, 0.717) is 11.3 Å². The van der Waals surface area contributed by atoms with Crippen LogP contribution in [0.3, 0.4) is 0 Å². The van der Waals surface area contributed by atoms with Gasteiger partial charge in [-0.2, -0.15) is 5.10 Å². The zero-order valence-electron chi connectivity index (χ0n) is 13.7. The fraction of sp³-hybridized carbons (Fsp3) is 0.176. The maximum absolute atomic E-state index is 11.7. The van der Waals surface area contributed by atoms with E-state index in [0.717, 1.165) is 11.1 Å². The highest BCUT2D eigenvalue weighted by atomic mass is 35.5. The van der Waals surface area contributed by atoms with Crippen LogP contribution in [0.4, 0.5) is 5.69 Å². The average Bonchev–Trinajstić information content (AvgIpc) is 2.57. The van der Waals surface area contributed by atoms with Crippen LogP contribution in [-0.2, 0) is 4.79 Å². The van der Waals surface area contributed by atoms with Gasteiger partial charge < -0.3 is 4.74 Å². The monoisotopic (exact) mass is 361 g/mol. The van der Waals surface area contributed by atoms with Crippen molar-refractivity contribution < 1.29 is 14.5 Å². The molecule has 0 aliphatic heterocycles. The Kier molecular flexibility index (Phi) is 6.08. The molecule has 25 heavy (non-hydrogen) atoms. The van der Waals surface area contributed by atoms with E-state index >= 15 is 0 Å². The van der Waals surface area contributed by atoms with E-state index in [1.54, 1.807) is 12.1 Å². The summed E-state index contributed by atoms with van der Waals surface area (Å²) in [6.07, 6.45) is 1.29. The van der Waals surface area contributed by atoms with E-state index in [1.165, 1.54) is 18.3 Å². The molecule has 0 aliphatic carbocycles. The molecule has 0 saturated heterocycles. The van der Waals surface area contributed by atoms with Crippen LogP contribution in [0.15, 0.2) is 41.5 Å². The largest absolute Gasteiger partial charge is 0.484 e. The molecule has 0 aromatic heterocycles. The number of benzene rings is 2. The van der Waals surface area contributed by atoms with Crippen molar-refractivity contribution in [3.05, 3.63) is 68.2 Å². The number of hydrogen-bond acceptors (Lipinski definition) is 5. The molecule has 2 aromatic carbocycles. The Bertz CT molecular complexity index is 837. The van der Waals surface area contributed by atoms with Crippen LogP contribution in [-0.4, -0.2) is 23.7 Å². The minimum atomic E-state index is -0.588. The molecular formula is C17H16ClN3O4. The summed E-state index contributed by atoms with van der Waals surface area (Å²) in [4.78, 5) is 21.9. The molecule has 0 saturated carbocycles. The third-order valence-corrected chi connectivity index (χ3v) is 3.74. The van der Waals surface area contributed by atoms with Gasteiger partial charge in [-0.05, 0) is 43.2 Å². The molecule has 0 unspecified atom stereocenters. The number of ether oxygens (including phenoxy) is 1. The highest BCUT2D eigenvalue weighted by Gasteiger charge is 2.11. The predicted molar refractivity (Wildman–Crippen MR) is 95.3 cm³/mol. The van der Waals surface area contributed by atoms with Gasteiger partial charge in [0, 0.05) is 11.6 Å². The summed E-state index contributed by atoms with van der Waals surface area (Å²) in [6, 6.07) is 9.75. The van der Waals surface area contributed by atoms with E-state index in [9.17, 15) is 14.9 Å². The second-order valence-electron chi connectivity index (χ2n) is 5.30. The Hall–Kier alpha value is -2.93. The van der Waals surface area contributed by atoms with Gasteiger partial charge in [0.05, 0.1) is 11.1 Å². The molecule has 0 heterocycles. The zero-order valence-corrected chi connectivity index (χ0v) is 14.4. The molecule has 2 aromatic rings. The molecule has 1 N–H and O–H groups in total. The lowest BCUT2D eigenvalue weighted by atomic mass is 10.1. The number of hydrogen-bond donors (Lipinski definition) is 1. The average molecular weight is 362 g/mol. The number of nitro groups is 1. The fourth-order valence-electron chi connectivity index (χ4n) is 1.91. The summed E-state index contributed by atoms with van der Waals surface area (Å²) >= 11 is 5.72. The molecule has 7 nitrogen and oxygen atoms in total. The molecule has 0 radical (unpaired) electrons. The van der Waals surface area contributed by atoms with Crippen LogP contribution < -0.4 is 10.2 Å². The number of rotatable bonds is 6. The molecule has 0 spiro atoms. The maximum atomic E-state index is 11.7. The first-order chi connectivity index (χ1) is 11.9. The number of carbonyl (C=O) groups is 1.